The molecule has 1 amide bonds. The molecule has 0 bridgehead atoms. The average molecular weight is 485 g/mol. The number of likely N-dealkylation sites (tertiary alicyclic amines) is 1. The summed E-state index contributed by atoms with van der Waals surface area (Å²) in [5.41, 5.74) is 1.04. The number of nitrogens with zero attached hydrogens (tertiary/aromatic N) is 4. The zero-order chi connectivity index (χ0) is 22.1. The Hall–Kier alpha value is -2.69. The van der Waals surface area contributed by atoms with Gasteiger partial charge in [-0.25, -0.2) is 4.98 Å². The molecular weight excluding hydrogens is 464 g/mol. The van der Waals surface area contributed by atoms with Crippen molar-refractivity contribution in [2.45, 2.75) is 24.5 Å². The highest BCUT2D eigenvalue weighted by molar-refractivity contribution is 7.99. The summed E-state index contributed by atoms with van der Waals surface area (Å²) in [4.78, 5) is 32.9. The minimum atomic E-state index is -0.188. The van der Waals surface area contributed by atoms with Gasteiger partial charge in [0.1, 0.15) is 10.5 Å². The summed E-state index contributed by atoms with van der Waals surface area (Å²) in [5.74, 6) is 1.03. The number of thiazole rings is 1. The van der Waals surface area contributed by atoms with Crippen LogP contribution >= 0.6 is 35.3 Å². The van der Waals surface area contributed by atoms with E-state index in [1.165, 1.54) is 23.1 Å². The van der Waals surface area contributed by atoms with Gasteiger partial charge in [0.05, 0.1) is 24.2 Å². The fourth-order valence-corrected chi connectivity index (χ4v) is 5.93. The second-order valence-electron chi connectivity index (χ2n) is 7.43. The van der Waals surface area contributed by atoms with E-state index in [0.717, 1.165) is 31.7 Å². The molecule has 0 saturated carbocycles. The van der Waals surface area contributed by atoms with Crippen molar-refractivity contribution in [1.29, 1.82) is 0 Å². The van der Waals surface area contributed by atoms with Crippen LogP contribution < -0.4 is 5.56 Å². The maximum atomic E-state index is 13.6. The van der Waals surface area contributed by atoms with Gasteiger partial charge in [-0.05, 0) is 49.3 Å². The Bertz CT molecular complexity index is 1370. The van der Waals surface area contributed by atoms with Gasteiger partial charge in [0.25, 0.3) is 5.56 Å². The predicted octanol–water partition coefficient (Wildman–Crippen LogP) is 4.33. The van der Waals surface area contributed by atoms with Gasteiger partial charge in [-0.3, -0.25) is 18.7 Å². The largest absolute Gasteiger partial charge is 0.467 e. The van der Waals surface area contributed by atoms with Crippen molar-refractivity contribution in [3.63, 3.8) is 0 Å². The van der Waals surface area contributed by atoms with Gasteiger partial charge >= 0.3 is 0 Å². The van der Waals surface area contributed by atoms with E-state index in [1.807, 2.05) is 51.9 Å². The van der Waals surface area contributed by atoms with Crippen LogP contribution in [0.15, 0.2) is 63.1 Å². The van der Waals surface area contributed by atoms with Gasteiger partial charge < -0.3 is 9.32 Å². The van der Waals surface area contributed by atoms with Crippen molar-refractivity contribution in [2.75, 3.05) is 18.8 Å². The molecule has 164 valence electrons. The van der Waals surface area contributed by atoms with Gasteiger partial charge in [-0.15, -0.1) is 0 Å². The van der Waals surface area contributed by atoms with Gasteiger partial charge in [0.15, 0.2) is 14.8 Å². The van der Waals surface area contributed by atoms with Crippen LogP contribution in [0.1, 0.15) is 18.6 Å². The number of hydrogen-bond donors (Lipinski definition) is 0. The van der Waals surface area contributed by atoms with E-state index in [4.69, 9.17) is 21.6 Å². The monoisotopic (exact) mass is 484 g/mol. The van der Waals surface area contributed by atoms with E-state index >= 15 is 0 Å². The van der Waals surface area contributed by atoms with Crippen LogP contribution in [0.25, 0.3) is 16.0 Å². The first-order valence-electron chi connectivity index (χ1n) is 10.3. The molecule has 0 unspecified atom stereocenters. The van der Waals surface area contributed by atoms with Crippen LogP contribution in [0.3, 0.4) is 0 Å². The van der Waals surface area contributed by atoms with Crippen molar-refractivity contribution in [3.05, 3.63) is 68.8 Å². The number of hydrogen-bond acceptors (Lipinski definition) is 7. The maximum absolute atomic E-state index is 13.6. The quantitative estimate of drug-likeness (QED) is 0.230. The first-order chi connectivity index (χ1) is 15.6. The summed E-state index contributed by atoms with van der Waals surface area (Å²) in [6, 6.07) is 13.0. The number of amides is 1. The highest BCUT2D eigenvalue weighted by Crippen LogP contribution is 2.26. The summed E-state index contributed by atoms with van der Waals surface area (Å²) >= 11 is 8.08. The topological polar surface area (TPSA) is 73.3 Å². The summed E-state index contributed by atoms with van der Waals surface area (Å²) in [7, 11) is 0. The third-order valence-corrected chi connectivity index (χ3v) is 7.70. The predicted molar refractivity (Wildman–Crippen MR) is 128 cm³/mol. The fourth-order valence-electron chi connectivity index (χ4n) is 3.76. The van der Waals surface area contributed by atoms with Gasteiger partial charge in [-0.2, -0.15) is 0 Å². The number of benzene rings is 1. The van der Waals surface area contributed by atoms with Crippen LogP contribution in [0.4, 0.5) is 0 Å². The smallest absolute Gasteiger partial charge is 0.278 e. The van der Waals surface area contributed by atoms with Gasteiger partial charge in [0, 0.05) is 13.1 Å². The molecule has 1 fully saturated rings. The van der Waals surface area contributed by atoms with Crippen molar-refractivity contribution >= 4 is 51.6 Å². The van der Waals surface area contributed by atoms with E-state index in [-0.39, 0.29) is 17.2 Å². The Labute approximate surface area is 197 Å². The SMILES string of the molecule is O=C(CSc1nc2c(sc(=S)n2Cc2ccco2)c(=O)n1-c1ccccc1)N1CCCC1. The first-order valence-corrected chi connectivity index (χ1v) is 12.5. The number of rotatable bonds is 6. The Morgan fingerprint density at radius 2 is 1.94 bits per heavy atom. The molecule has 3 aromatic heterocycles. The summed E-state index contributed by atoms with van der Waals surface area (Å²) in [6.45, 7) is 1.99. The Morgan fingerprint density at radius 3 is 2.66 bits per heavy atom. The van der Waals surface area contributed by atoms with E-state index in [2.05, 4.69) is 0 Å². The molecular formula is C22H20N4O3S3. The van der Waals surface area contributed by atoms with Crippen molar-refractivity contribution in [3.8, 4) is 5.69 Å². The van der Waals surface area contributed by atoms with E-state index < -0.39 is 0 Å². The van der Waals surface area contributed by atoms with Gasteiger partial charge in [-0.1, -0.05) is 41.3 Å². The molecule has 1 aliphatic heterocycles. The Balaban J connectivity index is 1.60. The normalized spacial score (nSPS) is 13.8. The molecule has 0 aliphatic carbocycles. The van der Waals surface area contributed by atoms with E-state index in [0.29, 0.717) is 31.7 Å². The molecule has 0 radical (unpaired) electrons. The van der Waals surface area contributed by atoms with E-state index in [9.17, 15) is 9.59 Å². The lowest BCUT2D eigenvalue weighted by Gasteiger charge is -2.16. The minimum absolute atomic E-state index is 0.0687. The lowest BCUT2D eigenvalue weighted by molar-refractivity contribution is -0.127. The van der Waals surface area contributed by atoms with E-state index in [1.54, 1.807) is 10.8 Å². The molecule has 0 spiro atoms. The number of para-hydroxylation sites is 1. The number of carbonyl (C=O) groups is 1. The number of thioether (sulfide) groups is 1. The van der Waals surface area contributed by atoms with Crippen LogP contribution in [0, 0.1) is 3.95 Å². The van der Waals surface area contributed by atoms with Crippen molar-refractivity contribution in [1.82, 2.24) is 19.0 Å². The number of fused-ring (bicyclic) bond motifs is 1. The average Bonchev–Trinajstić information content (AvgIpc) is 3.56. The molecule has 7 nitrogen and oxygen atoms in total. The number of furan rings is 1. The van der Waals surface area contributed by atoms with Crippen LogP contribution in [-0.2, 0) is 11.3 Å². The molecule has 0 atom stereocenters. The fraction of sp³-hybridized carbons (Fsp3) is 0.273. The molecule has 5 rings (SSSR count). The second-order valence-corrected chi connectivity index (χ2v) is 10.0. The van der Waals surface area contributed by atoms with Crippen LogP contribution in [0.5, 0.6) is 0 Å². The van der Waals surface area contributed by atoms with Crippen LogP contribution in [0.2, 0.25) is 0 Å². The maximum Gasteiger partial charge on any atom is 0.278 e. The molecule has 1 aliphatic rings. The third-order valence-electron chi connectivity index (χ3n) is 5.35. The zero-order valence-electron chi connectivity index (χ0n) is 17.1. The summed E-state index contributed by atoms with van der Waals surface area (Å²) < 4.78 is 9.90. The number of aromatic nitrogens is 3. The highest BCUT2D eigenvalue weighted by atomic mass is 32.2. The molecule has 0 N–H and O–H groups in total. The standard InChI is InChI=1S/C22H20N4O3S3/c27-17(24-10-4-5-11-24)14-31-21-23-19-18(20(28)26(21)15-7-2-1-3-8-15)32-22(30)25(19)13-16-9-6-12-29-16/h1-3,6-9,12H,4-5,10-11,13-14H2. The van der Waals surface area contributed by atoms with Crippen LogP contribution in [-0.4, -0.2) is 43.8 Å². The second kappa shape index (κ2) is 9.05. The number of carbonyl (C=O) groups excluding carboxylic acids is 1. The minimum Gasteiger partial charge on any atom is -0.467 e. The molecule has 10 heteroatoms. The first kappa shape index (κ1) is 21.2. The zero-order valence-corrected chi connectivity index (χ0v) is 19.5. The molecule has 32 heavy (non-hydrogen) atoms. The molecule has 4 aromatic rings. The Morgan fingerprint density at radius 1 is 1.16 bits per heavy atom. The summed E-state index contributed by atoms with van der Waals surface area (Å²) in [5, 5.41) is 0.474. The lowest BCUT2D eigenvalue weighted by Crippen LogP contribution is -2.29. The molecule has 4 heterocycles. The third kappa shape index (κ3) is 4.05. The summed E-state index contributed by atoms with van der Waals surface area (Å²) in [6.07, 6.45) is 3.69. The lowest BCUT2D eigenvalue weighted by atomic mass is 10.3. The van der Waals surface area contributed by atoms with Gasteiger partial charge in [0.2, 0.25) is 5.91 Å². The van der Waals surface area contributed by atoms with Crippen molar-refractivity contribution < 1.29 is 9.21 Å². The molecule has 1 saturated heterocycles. The van der Waals surface area contributed by atoms with Crippen molar-refractivity contribution in [2.24, 2.45) is 0 Å². The Kier molecular flexibility index (Phi) is 5.99. The molecule has 1 aromatic carbocycles. The highest BCUT2D eigenvalue weighted by Gasteiger charge is 2.22.